The summed E-state index contributed by atoms with van der Waals surface area (Å²) >= 11 is 0. The van der Waals surface area contributed by atoms with E-state index < -0.39 is 16.1 Å². The molecule has 0 amide bonds. The summed E-state index contributed by atoms with van der Waals surface area (Å²) in [5.74, 6) is 0.853. The molecular weight excluding hydrogens is 536 g/mol. The van der Waals surface area contributed by atoms with Crippen molar-refractivity contribution in [3.63, 3.8) is 0 Å². The first kappa shape index (κ1) is 27.6. The van der Waals surface area contributed by atoms with Crippen LogP contribution in [-0.4, -0.2) is 44.8 Å². The van der Waals surface area contributed by atoms with Crippen molar-refractivity contribution in [2.24, 2.45) is 10.3 Å². The number of ether oxygens (including phenoxy) is 3. The molecule has 0 saturated carbocycles. The van der Waals surface area contributed by atoms with Gasteiger partial charge in [-0.3, -0.25) is 4.98 Å². The first-order chi connectivity index (χ1) is 19.4. The monoisotopic (exact) mass is 564 g/mol. The minimum absolute atomic E-state index is 0.0368. The molecule has 3 atom stereocenters. The third kappa shape index (κ3) is 6.26. The highest BCUT2D eigenvalue weighted by Gasteiger charge is 2.27. The van der Waals surface area contributed by atoms with E-state index in [1.807, 2.05) is 36.4 Å². The number of hydrogen-bond donors (Lipinski definition) is 1. The number of benzene rings is 2. The maximum absolute atomic E-state index is 11.9. The summed E-state index contributed by atoms with van der Waals surface area (Å²) in [5, 5.41) is 8.44. The van der Waals surface area contributed by atoms with Gasteiger partial charge in [0, 0.05) is 43.0 Å². The Kier molecular flexibility index (Phi) is 8.31. The van der Waals surface area contributed by atoms with Crippen LogP contribution in [0.5, 0.6) is 5.75 Å². The summed E-state index contributed by atoms with van der Waals surface area (Å²) < 4.78 is 46.7. The number of methoxy groups -OCH3 is 1. The Morgan fingerprint density at radius 2 is 1.88 bits per heavy atom. The zero-order valence-corrected chi connectivity index (χ0v) is 22.5. The number of nitrogens with zero attached hydrogens (tertiary/aromatic N) is 3. The third-order valence-electron chi connectivity index (χ3n) is 6.63. The van der Waals surface area contributed by atoms with Gasteiger partial charge in [-0.1, -0.05) is 35.5 Å². The van der Waals surface area contributed by atoms with E-state index in [2.05, 4.69) is 15.1 Å². The van der Waals surface area contributed by atoms with Crippen molar-refractivity contribution in [3.05, 3.63) is 89.4 Å². The van der Waals surface area contributed by atoms with E-state index in [0.29, 0.717) is 35.8 Å². The van der Waals surface area contributed by atoms with Gasteiger partial charge in [-0.25, -0.2) is 18.5 Å². The summed E-state index contributed by atoms with van der Waals surface area (Å²) in [5.41, 5.74) is 2.61. The molecule has 1 aliphatic rings. The summed E-state index contributed by atoms with van der Waals surface area (Å²) in [4.78, 5) is 20.7. The van der Waals surface area contributed by atoms with Gasteiger partial charge in [0.25, 0.3) is 0 Å². The standard InChI is InChI=1S/C28H28N4O7S/c1-36-21-11-12-37-25(14-21)20-13-22(16-30-15-20)38-17-24(32-33)28-31-26(18-5-3-2-4-6-18)27(39-28)19-7-9-23(10-8-19)40(29,34)35/h2-10,13,15-16,21,24-25H,11-12,14,17H2,1H3,(H2,29,34,35). The van der Waals surface area contributed by atoms with E-state index in [4.69, 9.17) is 23.8 Å². The van der Waals surface area contributed by atoms with Crippen LogP contribution in [0.4, 0.5) is 0 Å². The van der Waals surface area contributed by atoms with Crippen LogP contribution in [0.25, 0.3) is 22.6 Å². The Balaban J connectivity index is 1.39. The van der Waals surface area contributed by atoms with Gasteiger partial charge in [0.15, 0.2) is 5.76 Å². The molecule has 2 aromatic heterocycles. The zero-order valence-electron chi connectivity index (χ0n) is 21.7. The fourth-order valence-corrected chi connectivity index (χ4v) is 5.00. The van der Waals surface area contributed by atoms with Crippen molar-refractivity contribution >= 4 is 10.0 Å². The van der Waals surface area contributed by atoms with Gasteiger partial charge in [-0.15, -0.1) is 4.91 Å². The molecule has 0 aliphatic carbocycles. The lowest BCUT2D eigenvalue weighted by atomic mass is 10.0. The van der Waals surface area contributed by atoms with Crippen LogP contribution in [0, 0.1) is 4.91 Å². The molecule has 11 nitrogen and oxygen atoms in total. The lowest BCUT2D eigenvalue weighted by Crippen LogP contribution is -2.25. The van der Waals surface area contributed by atoms with Gasteiger partial charge < -0.3 is 18.6 Å². The summed E-state index contributed by atoms with van der Waals surface area (Å²) in [6.07, 6.45) is 4.76. The predicted molar refractivity (Wildman–Crippen MR) is 146 cm³/mol. The van der Waals surface area contributed by atoms with Crippen LogP contribution in [0.15, 0.2) is 87.5 Å². The van der Waals surface area contributed by atoms with Crippen molar-refractivity contribution in [2.45, 2.75) is 36.0 Å². The number of aromatic nitrogens is 2. The number of oxazole rings is 1. The maximum atomic E-state index is 11.9. The van der Waals surface area contributed by atoms with Gasteiger partial charge in [0.2, 0.25) is 22.0 Å². The van der Waals surface area contributed by atoms with Gasteiger partial charge >= 0.3 is 0 Å². The number of sulfonamides is 1. The molecule has 0 radical (unpaired) electrons. The molecule has 2 N–H and O–H groups in total. The Hall–Kier alpha value is -3.97. The number of pyridine rings is 1. The summed E-state index contributed by atoms with van der Waals surface area (Å²) in [7, 11) is -2.17. The minimum atomic E-state index is -3.86. The number of hydrogen-bond acceptors (Lipinski definition) is 10. The van der Waals surface area contributed by atoms with E-state index in [9.17, 15) is 13.3 Å². The van der Waals surface area contributed by atoms with Gasteiger partial charge in [0.1, 0.15) is 18.1 Å². The SMILES string of the molecule is COC1CCOC(c2cncc(OCC(N=O)c3nc(-c4ccccc4)c(-c4ccc(S(N)(=O)=O)cc4)o3)c2)C1. The molecule has 3 heterocycles. The fraction of sp³-hybridized carbons (Fsp3) is 0.286. The molecule has 12 heteroatoms. The fourth-order valence-electron chi connectivity index (χ4n) is 4.49. The molecule has 208 valence electrons. The topological polar surface area (TPSA) is 156 Å². The normalized spacial score (nSPS) is 18.2. The highest BCUT2D eigenvalue weighted by molar-refractivity contribution is 7.89. The van der Waals surface area contributed by atoms with E-state index in [1.165, 1.54) is 12.1 Å². The smallest absolute Gasteiger partial charge is 0.238 e. The van der Waals surface area contributed by atoms with Crippen LogP contribution >= 0.6 is 0 Å². The van der Waals surface area contributed by atoms with Crippen molar-refractivity contribution < 1.29 is 27.0 Å². The van der Waals surface area contributed by atoms with Gasteiger partial charge in [-0.05, 0) is 36.8 Å². The highest BCUT2D eigenvalue weighted by Crippen LogP contribution is 2.36. The molecule has 0 spiro atoms. The van der Waals surface area contributed by atoms with Crippen LogP contribution < -0.4 is 9.88 Å². The maximum Gasteiger partial charge on any atom is 0.238 e. The highest BCUT2D eigenvalue weighted by atomic mass is 32.2. The Labute approximate surface area is 231 Å². The van der Waals surface area contributed by atoms with Crippen LogP contribution in [0.2, 0.25) is 0 Å². The van der Waals surface area contributed by atoms with Crippen LogP contribution in [-0.2, 0) is 19.5 Å². The summed E-state index contributed by atoms with van der Waals surface area (Å²) in [6, 6.07) is 15.9. The Morgan fingerprint density at radius 1 is 1.10 bits per heavy atom. The largest absolute Gasteiger partial charge is 0.489 e. The van der Waals surface area contributed by atoms with E-state index in [1.54, 1.807) is 31.6 Å². The lowest BCUT2D eigenvalue weighted by Gasteiger charge is -2.28. The Bertz CT molecular complexity index is 1560. The summed E-state index contributed by atoms with van der Waals surface area (Å²) in [6.45, 7) is 0.450. The minimum Gasteiger partial charge on any atom is -0.489 e. The lowest BCUT2D eigenvalue weighted by molar-refractivity contribution is -0.0600. The van der Waals surface area contributed by atoms with Crippen molar-refractivity contribution in [1.82, 2.24) is 9.97 Å². The van der Waals surface area contributed by atoms with Gasteiger partial charge in [-0.2, -0.15) is 0 Å². The average molecular weight is 565 g/mol. The molecule has 0 bridgehead atoms. The molecule has 1 fully saturated rings. The number of nitroso groups, excluding NO2 is 1. The number of rotatable bonds is 10. The van der Waals surface area contributed by atoms with Crippen molar-refractivity contribution in [3.8, 4) is 28.3 Å². The van der Waals surface area contributed by atoms with Crippen molar-refractivity contribution in [2.75, 3.05) is 20.3 Å². The van der Waals surface area contributed by atoms with Crippen LogP contribution in [0.3, 0.4) is 0 Å². The predicted octanol–water partition coefficient (Wildman–Crippen LogP) is 4.80. The van der Waals surface area contributed by atoms with E-state index in [0.717, 1.165) is 17.5 Å². The number of primary sulfonamides is 1. The molecule has 1 saturated heterocycles. The molecule has 4 aromatic rings. The molecular formula is C28H28N4O7S. The van der Waals surface area contributed by atoms with Gasteiger partial charge in [0.05, 0.1) is 23.3 Å². The molecule has 3 unspecified atom stereocenters. The first-order valence-corrected chi connectivity index (χ1v) is 14.1. The molecule has 2 aromatic carbocycles. The van der Waals surface area contributed by atoms with Crippen molar-refractivity contribution in [1.29, 1.82) is 0 Å². The molecule has 1 aliphatic heterocycles. The van der Waals surface area contributed by atoms with Crippen LogP contribution in [0.1, 0.15) is 36.4 Å². The van der Waals surface area contributed by atoms with E-state index >= 15 is 0 Å². The zero-order chi connectivity index (χ0) is 28.1. The molecule has 5 rings (SSSR count). The Morgan fingerprint density at radius 3 is 2.58 bits per heavy atom. The second-order valence-corrected chi connectivity index (χ2v) is 10.9. The molecule has 40 heavy (non-hydrogen) atoms. The first-order valence-electron chi connectivity index (χ1n) is 12.6. The average Bonchev–Trinajstić information content (AvgIpc) is 3.43. The number of nitrogens with two attached hydrogens (primary N) is 1. The second kappa shape index (κ2) is 12.0. The van der Waals surface area contributed by atoms with E-state index in [-0.39, 0.29) is 29.6 Å². The second-order valence-electron chi connectivity index (χ2n) is 9.29. The quantitative estimate of drug-likeness (QED) is 0.267. The third-order valence-corrected chi connectivity index (χ3v) is 7.56.